The number of benzene rings is 1. The third-order valence-electron chi connectivity index (χ3n) is 4.53. The van der Waals surface area contributed by atoms with Gasteiger partial charge in [0.15, 0.2) is 12.4 Å². The lowest BCUT2D eigenvalue weighted by atomic mass is 10.2. The third-order valence-corrected chi connectivity index (χ3v) is 4.53. The van der Waals surface area contributed by atoms with Crippen LogP contribution in [0.3, 0.4) is 0 Å². The van der Waals surface area contributed by atoms with Gasteiger partial charge in [-0.15, -0.1) is 0 Å². The van der Waals surface area contributed by atoms with Gasteiger partial charge in [0, 0.05) is 49.6 Å². The van der Waals surface area contributed by atoms with Crippen molar-refractivity contribution >= 4 is 17.5 Å². The monoisotopic (exact) mass is 369 g/mol. The molecule has 27 heavy (non-hydrogen) atoms. The van der Waals surface area contributed by atoms with E-state index in [2.05, 4.69) is 15.2 Å². The molecule has 1 aromatic carbocycles. The molecule has 7 nitrogen and oxygen atoms in total. The van der Waals surface area contributed by atoms with Crippen molar-refractivity contribution in [1.29, 1.82) is 0 Å². The number of nitrogens with one attached hydrogen (secondary N) is 2. The molecule has 2 amide bonds. The number of H-pyrrole nitrogens is 1. The van der Waals surface area contributed by atoms with Gasteiger partial charge < -0.3 is 19.9 Å². The minimum absolute atomic E-state index is 0.00629. The summed E-state index contributed by atoms with van der Waals surface area (Å²) in [6, 6.07) is 10.9. The van der Waals surface area contributed by atoms with Crippen molar-refractivity contribution in [2.24, 2.45) is 0 Å². The molecule has 0 bridgehead atoms. The number of anilines is 1. The SMILES string of the molecule is CCOc1ccc(C(=O)NCC(=O)N2CCN(c3cc[nH+]cc3)CC2)cc1. The van der Waals surface area contributed by atoms with E-state index in [1.807, 2.05) is 31.5 Å². The number of aromatic amines is 1. The van der Waals surface area contributed by atoms with Crippen LogP contribution in [0.2, 0.25) is 0 Å². The van der Waals surface area contributed by atoms with Gasteiger partial charge in [-0.3, -0.25) is 9.59 Å². The van der Waals surface area contributed by atoms with Crippen LogP contribution in [0.1, 0.15) is 17.3 Å². The maximum atomic E-state index is 12.4. The Bertz CT molecular complexity index is 757. The van der Waals surface area contributed by atoms with Crippen molar-refractivity contribution < 1.29 is 19.3 Å². The second kappa shape index (κ2) is 9.02. The fourth-order valence-electron chi connectivity index (χ4n) is 3.04. The van der Waals surface area contributed by atoms with Gasteiger partial charge in [0.2, 0.25) is 5.91 Å². The Labute approximate surface area is 158 Å². The molecule has 0 spiro atoms. The molecule has 142 valence electrons. The van der Waals surface area contributed by atoms with Gasteiger partial charge in [-0.05, 0) is 31.2 Å². The summed E-state index contributed by atoms with van der Waals surface area (Å²) in [4.78, 5) is 31.6. The van der Waals surface area contributed by atoms with Crippen molar-refractivity contribution in [2.75, 3.05) is 44.2 Å². The highest BCUT2D eigenvalue weighted by Gasteiger charge is 2.21. The maximum Gasteiger partial charge on any atom is 0.251 e. The fourth-order valence-corrected chi connectivity index (χ4v) is 3.04. The van der Waals surface area contributed by atoms with Crippen molar-refractivity contribution in [3.8, 4) is 5.75 Å². The molecule has 0 atom stereocenters. The second-order valence-corrected chi connectivity index (χ2v) is 6.27. The molecule has 1 aliphatic heterocycles. The van der Waals surface area contributed by atoms with E-state index >= 15 is 0 Å². The van der Waals surface area contributed by atoms with E-state index in [0.717, 1.165) is 24.5 Å². The fraction of sp³-hybridized carbons (Fsp3) is 0.350. The summed E-state index contributed by atoms with van der Waals surface area (Å²) in [5.41, 5.74) is 1.65. The van der Waals surface area contributed by atoms with E-state index in [0.29, 0.717) is 25.3 Å². The average Bonchev–Trinajstić information content (AvgIpc) is 2.73. The lowest BCUT2D eigenvalue weighted by Gasteiger charge is -2.35. The highest BCUT2D eigenvalue weighted by Crippen LogP contribution is 2.14. The van der Waals surface area contributed by atoms with E-state index in [9.17, 15) is 9.59 Å². The number of pyridine rings is 1. The van der Waals surface area contributed by atoms with Crippen LogP contribution in [0.5, 0.6) is 5.75 Å². The normalized spacial score (nSPS) is 14.0. The van der Waals surface area contributed by atoms with Crippen molar-refractivity contribution in [2.45, 2.75) is 6.92 Å². The largest absolute Gasteiger partial charge is 0.494 e. The molecule has 1 fully saturated rings. The van der Waals surface area contributed by atoms with Crippen molar-refractivity contribution in [3.63, 3.8) is 0 Å². The number of carbonyl (C=O) groups is 2. The lowest BCUT2D eigenvalue weighted by molar-refractivity contribution is -0.377. The van der Waals surface area contributed by atoms with Crippen LogP contribution >= 0.6 is 0 Å². The van der Waals surface area contributed by atoms with Crippen LogP contribution in [0.4, 0.5) is 5.69 Å². The van der Waals surface area contributed by atoms with Gasteiger partial charge in [0.05, 0.1) is 13.2 Å². The number of ether oxygens (including phenoxy) is 1. The summed E-state index contributed by atoms with van der Waals surface area (Å²) < 4.78 is 5.36. The quantitative estimate of drug-likeness (QED) is 0.824. The van der Waals surface area contributed by atoms with Crippen LogP contribution in [0, 0.1) is 0 Å². The molecular formula is C20H25N4O3+. The summed E-state index contributed by atoms with van der Waals surface area (Å²) in [6.07, 6.45) is 3.78. The van der Waals surface area contributed by atoms with E-state index in [1.54, 1.807) is 29.2 Å². The first-order chi connectivity index (χ1) is 13.2. The predicted octanol–water partition coefficient (Wildman–Crippen LogP) is 0.978. The Kier molecular flexibility index (Phi) is 6.25. The van der Waals surface area contributed by atoms with Gasteiger partial charge in [0.25, 0.3) is 5.91 Å². The molecule has 7 heteroatoms. The van der Waals surface area contributed by atoms with E-state index in [1.165, 1.54) is 0 Å². The Morgan fingerprint density at radius 1 is 1.04 bits per heavy atom. The van der Waals surface area contributed by atoms with Gasteiger partial charge >= 0.3 is 0 Å². The Morgan fingerprint density at radius 3 is 2.33 bits per heavy atom. The summed E-state index contributed by atoms with van der Waals surface area (Å²) >= 11 is 0. The van der Waals surface area contributed by atoms with Crippen molar-refractivity contribution in [3.05, 3.63) is 54.4 Å². The predicted molar refractivity (Wildman–Crippen MR) is 102 cm³/mol. The van der Waals surface area contributed by atoms with Crippen LogP contribution in [-0.4, -0.2) is 56.0 Å². The first-order valence-corrected chi connectivity index (χ1v) is 9.17. The number of hydrogen-bond donors (Lipinski definition) is 1. The molecule has 3 rings (SSSR count). The lowest BCUT2D eigenvalue weighted by Crippen LogP contribution is -2.51. The van der Waals surface area contributed by atoms with Gasteiger partial charge in [-0.25, -0.2) is 4.98 Å². The second-order valence-electron chi connectivity index (χ2n) is 6.27. The molecule has 1 aliphatic rings. The zero-order valence-electron chi connectivity index (χ0n) is 15.5. The number of carbonyl (C=O) groups excluding carboxylic acids is 2. The zero-order valence-corrected chi connectivity index (χ0v) is 15.5. The third kappa shape index (κ3) is 4.97. The molecule has 0 aliphatic carbocycles. The zero-order chi connectivity index (χ0) is 19.1. The Balaban J connectivity index is 1.45. The Hall–Kier alpha value is -3.09. The molecule has 2 aromatic rings. The number of aromatic nitrogens is 1. The van der Waals surface area contributed by atoms with Crippen molar-refractivity contribution in [1.82, 2.24) is 10.2 Å². The molecule has 1 aromatic heterocycles. The maximum absolute atomic E-state index is 12.4. The summed E-state index contributed by atoms with van der Waals surface area (Å²) in [7, 11) is 0. The van der Waals surface area contributed by atoms with Gasteiger partial charge in [0.1, 0.15) is 5.75 Å². The minimum atomic E-state index is -0.259. The first kappa shape index (κ1) is 18.7. The first-order valence-electron chi connectivity index (χ1n) is 9.17. The number of nitrogens with zero attached hydrogens (tertiary/aromatic N) is 2. The van der Waals surface area contributed by atoms with E-state index in [-0.39, 0.29) is 18.4 Å². The molecule has 0 saturated carbocycles. The molecule has 1 saturated heterocycles. The molecular weight excluding hydrogens is 344 g/mol. The van der Waals surface area contributed by atoms with Crippen LogP contribution in [-0.2, 0) is 4.79 Å². The molecule has 0 unspecified atom stereocenters. The summed E-state index contributed by atoms with van der Waals surface area (Å²) in [5, 5.41) is 2.70. The van der Waals surface area contributed by atoms with E-state index in [4.69, 9.17) is 4.74 Å². The highest BCUT2D eigenvalue weighted by atomic mass is 16.5. The molecule has 2 N–H and O–H groups in total. The van der Waals surface area contributed by atoms with Gasteiger partial charge in [-0.2, -0.15) is 0 Å². The van der Waals surface area contributed by atoms with Gasteiger partial charge in [-0.1, -0.05) is 0 Å². The van der Waals surface area contributed by atoms with Crippen LogP contribution < -0.4 is 19.9 Å². The standard InChI is InChI=1S/C20H24N4O3/c1-2-27-18-5-3-16(4-6-18)20(26)22-15-19(25)24-13-11-23(12-14-24)17-7-9-21-10-8-17/h3-10H,2,11-15H2,1H3,(H,22,26)/p+1. The smallest absolute Gasteiger partial charge is 0.251 e. The topological polar surface area (TPSA) is 76.0 Å². The van der Waals surface area contributed by atoms with E-state index < -0.39 is 0 Å². The van der Waals surface area contributed by atoms with Crippen LogP contribution in [0.25, 0.3) is 0 Å². The number of piperazine rings is 1. The average molecular weight is 369 g/mol. The summed E-state index contributed by atoms with van der Waals surface area (Å²) in [6.45, 7) is 5.35. The summed E-state index contributed by atoms with van der Waals surface area (Å²) in [5.74, 6) is 0.403. The molecule has 0 radical (unpaired) electrons. The Morgan fingerprint density at radius 2 is 1.70 bits per heavy atom. The number of amides is 2. The molecule has 2 heterocycles. The highest BCUT2D eigenvalue weighted by molar-refractivity contribution is 5.96. The van der Waals surface area contributed by atoms with Crippen LogP contribution in [0.15, 0.2) is 48.8 Å². The minimum Gasteiger partial charge on any atom is -0.494 e. The number of hydrogen-bond acceptors (Lipinski definition) is 4. The number of rotatable bonds is 6.